The fourth-order valence-corrected chi connectivity index (χ4v) is 5.06. The molecule has 0 unspecified atom stereocenters. The summed E-state index contributed by atoms with van der Waals surface area (Å²) in [5, 5.41) is 9.35. The minimum atomic E-state index is -3.82. The molecule has 0 radical (unpaired) electrons. The van der Waals surface area contributed by atoms with Crippen LogP contribution in [0.4, 0.5) is 0 Å². The molecule has 0 saturated heterocycles. The van der Waals surface area contributed by atoms with Gasteiger partial charge >= 0.3 is 0 Å². The number of rotatable bonds is 5. The van der Waals surface area contributed by atoms with E-state index < -0.39 is 10.0 Å². The van der Waals surface area contributed by atoms with Crippen molar-refractivity contribution in [3.05, 3.63) is 48.5 Å². The van der Waals surface area contributed by atoms with Crippen LogP contribution < -0.4 is 4.72 Å². The van der Waals surface area contributed by atoms with Gasteiger partial charge in [0, 0.05) is 16.4 Å². The highest BCUT2D eigenvalue weighted by Gasteiger charge is 2.21. The van der Waals surface area contributed by atoms with Gasteiger partial charge < -0.3 is 5.11 Å². The van der Waals surface area contributed by atoms with E-state index in [1.165, 1.54) is 23.5 Å². The van der Waals surface area contributed by atoms with Crippen molar-refractivity contribution in [2.45, 2.75) is 18.0 Å². The molecule has 0 aliphatic carbocycles. The highest BCUT2D eigenvalue weighted by molar-refractivity contribution is 9.11. The first-order valence-electron chi connectivity index (χ1n) is 5.66. The average Bonchev–Trinajstić information content (AvgIpc) is 2.84. The number of aliphatic hydroxyl groups is 1. The second kappa shape index (κ2) is 6.95. The Balaban J connectivity index is 2.29. The van der Waals surface area contributed by atoms with E-state index >= 15 is 0 Å². The third kappa shape index (κ3) is 4.19. The lowest BCUT2D eigenvalue weighted by molar-refractivity contribution is 0.281. The van der Waals surface area contributed by atoms with Crippen molar-refractivity contribution in [3.8, 4) is 0 Å². The molecule has 4 nitrogen and oxygen atoms in total. The first kappa shape index (κ1) is 17.2. The molecule has 1 aromatic carbocycles. The van der Waals surface area contributed by atoms with Crippen molar-refractivity contribution in [1.82, 2.24) is 4.72 Å². The third-order valence-corrected chi connectivity index (χ3v) is 6.43. The molecule has 0 amide bonds. The number of aliphatic hydroxyl groups excluding tert-OH is 1. The van der Waals surface area contributed by atoms with Gasteiger partial charge in [0.15, 0.2) is 0 Å². The van der Waals surface area contributed by atoms with Crippen LogP contribution in [0.25, 0.3) is 0 Å². The molecule has 1 heterocycles. The minimum absolute atomic E-state index is 0.0261. The van der Waals surface area contributed by atoms with Gasteiger partial charge in [-0.05, 0) is 45.8 Å². The molecule has 21 heavy (non-hydrogen) atoms. The van der Waals surface area contributed by atoms with Crippen LogP contribution in [-0.4, -0.2) is 13.5 Å². The number of hydrogen-bond donors (Lipinski definition) is 2. The smallest absolute Gasteiger partial charge is 0.242 e. The van der Waals surface area contributed by atoms with Gasteiger partial charge in [-0.25, -0.2) is 13.1 Å². The van der Waals surface area contributed by atoms with Crippen molar-refractivity contribution < 1.29 is 13.5 Å². The molecule has 2 N–H and O–H groups in total. The number of hydrogen-bond acceptors (Lipinski definition) is 4. The summed E-state index contributed by atoms with van der Waals surface area (Å²) >= 11 is 16.6. The molecule has 0 bridgehead atoms. The highest BCUT2D eigenvalue weighted by atomic mass is 79.9. The lowest BCUT2D eigenvalue weighted by Gasteiger charge is -2.11. The van der Waals surface area contributed by atoms with E-state index in [1.807, 2.05) is 12.1 Å². The lowest BCUT2D eigenvalue weighted by Crippen LogP contribution is -2.23. The highest BCUT2D eigenvalue weighted by Crippen LogP contribution is 2.30. The third-order valence-electron chi connectivity index (χ3n) is 2.60. The summed E-state index contributed by atoms with van der Waals surface area (Å²) in [5.74, 6) is 0. The Morgan fingerprint density at radius 3 is 2.57 bits per heavy atom. The van der Waals surface area contributed by atoms with Crippen molar-refractivity contribution >= 4 is 60.5 Å². The largest absolute Gasteiger partial charge is 0.392 e. The topological polar surface area (TPSA) is 66.4 Å². The minimum Gasteiger partial charge on any atom is -0.392 e. The molecule has 2 aromatic rings. The summed E-state index contributed by atoms with van der Waals surface area (Å²) in [4.78, 5) is 0.710. The van der Waals surface area contributed by atoms with Gasteiger partial charge in [-0.15, -0.1) is 11.3 Å². The van der Waals surface area contributed by atoms with Crippen LogP contribution in [0.2, 0.25) is 10.0 Å². The Labute approximate surface area is 144 Å². The number of sulfonamides is 1. The monoisotopic (exact) mass is 429 g/mol. The summed E-state index contributed by atoms with van der Waals surface area (Å²) in [5.41, 5.74) is 0.267. The van der Waals surface area contributed by atoms with Crippen molar-refractivity contribution in [2.75, 3.05) is 0 Å². The van der Waals surface area contributed by atoms with E-state index in [0.717, 1.165) is 8.66 Å². The molecule has 1 aromatic heterocycles. The Kier molecular flexibility index (Phi) is 5.70. The Morgan fingerprint density at radius 2 is 2.00 bits per heavy atom. The predicted octanol–water partition coefficient (Wildman–Crippen LogP) is 3.79. The first-order valence-corrected chi connectivity index (χ1v) is 9.51. The Bertz CT molecular complexity index is 762. The normalized spacial score (nSPS) is 11.8. The van der Waals surface area contributed by atoms with Gasteiger partial charge in [-0.3, -0.25) is 0 Å². The molecule has 0 aliphatic rings. The summed E-state index contributed by atoms with van der Waals surface area (Å²) in [6, 6.07) is 6.34. The summed E-state index contributed by atoms with van der Waals surface area (Å²) in [7, 11) is -3.82. The molecule has 0 spiro atoms. The fourth-order valence-electron chi connectivity index (χ4n) is 1.62. The maximum atomic E-state index is 12.3. The SMILES string of the molecule is O=S(=O)(NCc1ccc(Br)s1)c1cc(Cl)cc(CO)c1Cl. The van der Waals surface area contributed by atoms with Gasteiger partial charge in [0.05, 0.1) is 15.4 Å². The Hall–Kier alpha value is -0.150. The molecule has 0 atom stereocenters. The molecule has 2 rings (SSSR count). The van der Waals surface area contributed by atoms with Crippen molar-refractivity contribution in [2.24, 2.45) is 0 Å². The molecular weight excluding hydrogens is 421 g/mol. The summed E-state index contributed by atoms with van der Waals surface area (Å²) in [6.45, 7) is -0.240. The molecule has 0 fully saturated rings. The van der Waals surface area contributed by atoms with Crippen LogP contribution in [0.15, 0.2) is 32.9 Å². The van der Waals surface area contributed by atoms with E-state index in [9.17, 15) is 13.5 Å². The first-order chi connectivity index (χ1) is 9.83. The van der Waals surface area contributed by atoms with Gasteiger partial charge in [-0.2, -0.15) is 0 Å². The van der Waals surface area contributed by atoms with E-state index in [1.54, 1.807) is 0 Å². The molecule has 9 heteroatoms. The molecule has 0 saturated carbocycles. The zero-order valence-electron chi connectivity index (χ0n) is 10.4. The lowest BCUT2D eigenvalue weighted by atomic mass is 10.2. The zero-order valence-corrected chi connectivity index (χ0v) is 15.2. The van der Waals surface area contributed by atoms with Crippen LogP contribution in [0, 0.1) is 0 Å². The van der Waals surface area contributed by atoms with Gasteiger partial charge in [0.2, 0.25) is 10.0 Å². The summed E-state index contributed by atoms with van der Waals surface area (Å²) in [6.07, 6.45) is 0. The summed E-state index contributed by atoms with van der Waals surface area (Å²) < 4.78 is 28.0. The second-order valence-corrected chi connectivity index (χ2v) is 9.16. The van der Waals surface area contributed by atoms with E-state index in [4.69, 9.17) is 23.2 Å². The quantitative estimate of drug-likeness (QED) is 0.758. The van der Waals surface area contributed by atoms with Crippen LogP contribution in [-0.2, 0) is 23.2 Å². The van der Waals surface area contributed by atoms with Crippen LogP contribution in [0.1, 0.15) is 10.4 Å². The number of halogens is 3. The number of thiophene rings is 1. The average molecular weight is 431 g/mol. The molecule has 114 valence electrons. The fraction of sp³-hybridized carbons (Fsp3) is 0.167. The maximum absolute atomic E-state index is 12.3. The van der Waals surface area contributed by atoms with Crippen LogP contribution in [0.3, 0.4) is 0 Å². The predicted molar refractivity (Wildman–Crippen MR) is 88.4 cm³/mol. The van der Waals surface area contributed by atoms with Crippen molar-refractivity contribution in [1.29, 1.82) is 0 Å². The van der Waals surface area contributed by atoms with Gasteiger partial charge in [-0.1, -0.05) is 23.2 Å². The number of benzene rings is 1. The molecule has 0 aliphatic heterocycles. The maximum Gasteiger partial charge on any atom is 0.242 e. The number of nitrogens with one attached hydrogen (secondary N) is 1. The van der Waals surface area contributed by atoms with E-state index in [2.05, 4.69) is 20.7 Å². The van der Waals surface area contributed by atoms with E-state index in [-0.39, 0.29) is 33.7 Å². The van der Waals surface area contributed by atoms with Crippen molar-refractivity contribution in [3.63, 3.8) is 0 Å². The second-order valence-electron chi connectivity index (χ2n) is 4.07. The van der Waals surface area contributed by atoms with Crippen LogP contribution >= 0.6 is 50.5 Å². The molecular formula is C12H10BrCl2NO3S2. The van der Waals surface area contributed by atoms with Crippen LogP contribution in [0.5, 0.6) is 0 Å². The Morgan fingerprint density at radius 1 is 1.29 bits per heavy atom. The van der Waals surface area contributed by atoms with E-state index in [0.29, 0.717) is 0 Å². The standard InChI is InChI=1S/C12H10BrCl2NO3S2/c13-11-2-1-9(20-11)5-16-21(18,19)10-4-8(14)3-7(6-17)12(10)15/h1-4,16-17H,5-6H2. The zero-order chi connectivity index (χ0) is 15.6. The van der Waals surface area contributed by atoms with Gasteiger partial charge in [0.1, 0.15) is 4.90 Å². The van der Waals surface area contributed by atoms with Gasteiger partial charge in [0.25, 0.3) is 0 Å².